The van der Waals surface area contributed by atoms with Crippen molar-refractivity contribution in [2.45, 2.75) is 18.9 Å². The van der Waals surface area contributed by atoms with Gasteiger partial charge in [-0.15, -0.1) is 0 Å². The summed E-state index contributed by atoms with van der Waals surface area (Å²) in [5.74, 6) is 0. The number of halogens is 2. The second kappa shape index (κ2) is 6.55. The largest absolute Gasteiger partial charge is 0.392 e. The summed E-state index contributed by atoms with van der Waals surface area (Å²) in [5, 5.41) is 10.8. The number of hydrogen-bond donors (Lipinski definition) is 1. The lowest BCUT2D eigenvalue weighted by atomic mass is 10.0. The van der Waals surface area contributed by atoms with Gasteiger partial charge in [0, 0.05) is 8.59 Å². The van der Waals surface area contributed by atoms with Gasteiger partial charge in [0.25, 0.3) is 0 Å². The Bertz CT molecular complexity index is 445. The van der Waals surface area contributed by atoms with Crippen LogP contribution >= 0.6 is 34.2 Å². The maximum absolute atomic E-state index is 10.1. The zero-order chi connectivity index (χ0) is 13.0. The molecule has 2 rings (SSSR count). The number of benzene rings is 2. The Balaban J connectivity index is 1.94. The van der Waals surface area contributed by atoms with E-state index in [9.17, 15) is 5.11 Å². The van der Waals surface area contributed by atoms with Crippen molar-refractivity contribution < 1.29 is 5.11 Å². The Morgan fingerprint density at radius 3 is 1.83 bits per heavy atom. The molecule has 0 heterocycles. The van der Waals surface area contributed by atoms with Gasteiger partial charge >= 0.3 is 0 Å². The molecule has 0 amide bonds. The van der Waals surface area contributed by atoms with Crippen LogP contribution in [0.3, 0.4) is 0 Å². The number of aliphatic hydroxyl groups excluding tert-OH is 1. The van der Waals surface area contributed by atoms with Crippen molar-refractivity contribution in [3.05, 3.63) is 68.3 Å². The van der Waals surface area contributed by atoms with E-state index >= 15 is 0 Å². The summed E-state index contributed by atoms with van der Waals surface area (Å²) in [7, 11) is 0. The third-order valence-electron chi connectivity index (χ3n) is 2.77. The van der Waals surface area contributed by atoms with Gasteiger partial charge in [0.2, 0.25) is 0 Å². The first kappa shape index (κ1) is 13.8. The summed E-state index contributed by atoms with van der Waals surface area (Å²) < 4.78 is 1.21. The Morgan fingerprint density at radius 2 is 1.33 bits per heavy atom. The van der Waals surface area contributed by atoms with Crippen molar-refractivity contribution in [3.63, 3.8) is 0 Å². The van der Waals surface area contributed by atoms with Crippen LogP contribution in [-0.4, -0.2) is 11.2 Å². The molecular formula is C15H14ClIO. The molecule has 0 aliphatic heterocycles. The van der Waals surface area contributed by atoms with E-state index in [0.717, 1.165) is 16.1 Å². The van der Waals surface area contributed by atoms with Gasteiger partial charge < -0.3 is 5.11 Å². The summed E-state index contributed by atoms with van der Waals surface area (Å²) in [6.07, 6.45) is 0.981. The molecule has 0 aliphatic carbocycles. The zero-order valence-corrected chi connectivity index (χ0v) is 12.7. The van der Waals surface area contributed by atoms with Crippen molar-refractivity contribution in [3.8, 4) is 0 Å². The fourth-order valence-electron chi connectivity index (χ4n) is 1.86. The normalized spacial score (nSPS) is 12.4. The molecule has 3 heteroatoms. The Morgan fingerprint density at radius 1 is 0.889 bits per heavy atom. The lowest BCUT2D eigenvalue weighted by Crippen LogP contribution is -2.13. The summed E-state index contributed by atoms with van der Waals surface area (Å²) in [6, 6.07) is 15.9. The first-order valence-corrected chi connectivity index (χ1v) is 7.26. The average Bonchev–Trinajstić information content (AvgIpc) is 2.35. The summed E-state index contributed by atoms with van der Waals surface area (Å²) >= 11 is 8.11. The molecule has 1 nitrogen and oxygen atoms in total. The third-order valence-corrected chi connectivity index (χ3v) is 3.74. The molecule has 18 heavy (non-hydrogen) atoms. The highest BCUT2D eigenvalue weighted by atomic mass is 127. The van der Waals surface area contributed by atoms with Crippen LogP contribution in [0.2, 0.25) is 5.02 Å². The molecule has 0 spiro atoms. The van der Waals surface area contributed by atoms with Crippen LogP contribution in [0.15, 0.2) is 48.5 Å². The van der Waals surface area contributed by atoms with Gasteiger partial charge in [0.15, 0.2) is 0 Å². The van der Waals surface area contributed by atoms with Gasteiger partial charge in [0.1, 0.15) is 0 Å². The number of hydrogen-bond acceptors (Lipinski definition) is 1. The van der Waals surface area contributed by atoms with Crippen LogP contribution in [-0.2, 0) is 12.8 Å². The molecule has 0 fully saturated rings. The first-order chi connectivity index (χ1) is 8.63. The van der Waals surface area contributed by atoms with Crippen molar-refractivity contribution in [1.29, 1.82) is 0 Å². The van der Waals surface area contributed by atoms with Gasteiger partial charge in [-0.05, 0) is 70.8 Å². The summed E-state index contributed by atoms with van der Waals surface area (Å²) in [6.45, 7) is 0. The van der Waals surface area contributed by atoms with Crippen molar-refractivity contribution in [2.75, 3.05) is 0 Å². The minimum Gasteiger partial charge on any atom is -0.392 e. The predicted molar refractivity (Wildman–Crippen MR) is 84.0 cm³/mol. The SMILES string of the molecule is OC(Cc1ccc(Cl)cc1)Cc1ccc(I)cc1. The van der Waals surface area contributed by atoms with Crippen LogP contribution < -0.4 is 0 Å². The second-order valence-corrected chi connectivity index (χ2v) is 6.00. The predicted octanol–water partition coefficient (Wildman–Crippen LogP) is 4.09. The molecule has 1 atom stereocenters. The van der Waals surface area contributed by atoms with Crippen molar-refractivity contribution >= 4 is 34.2 Å². The minimum absolute atomic E-state index is 0.355. The van der Waals surface area contributed by atoms with Gasteiger partial charge in [0.05, 0.1) is 6.10 Å². The molecule has 1 N–H and O–H groups in total. The van der Waals surface area contributed by atoms with E-state index in [1.165, 1.54) is 3.57 Å². The number of aliphatic hydroxyl groups is 1. The molecule has 0 bridgehead atoms. The fraction of sp³-hybridized carbons (Fsp3) is 0.200. The molecule has 94 valence electrons. The van der Waals surface area contributed by atoms with Crippen molar-refractivity contribution in [1.82, 2.24) is 0 Å². The van der Waals surface area contributed by atoms with E-state index in [1.807, 2.05) is 24.3 Å². The van der Waals surface area contributed by atoms with E-state index in [1.54, 1.807) is 0 Å². The van der Waals surface area contributed by atoms with Gasteiger partial charge in [-0.25, -0.2) is 0 Å². The molecular weight excluding hydrogens is 359 g/mol. The van der Waals surface area contributed by atoms with Gasteiger partial charge in [-0.2, -0.15) is 0 Å². The Kier molecular flexibility index (Phi) is 5.03. The van der Waals surface area contributed by atoms with E-state index in [0.29, 0.717) is 12.8 Å². The van der Waals surface area contributed by atoms with E-state index in [2.05, 4.69) is 46.9 Å². The lowest BCUT2D eigenvalue weighted by Gasteiger charge is -2.11. The molecule has 2 aromatic rings. The zero-order valence-electron chi connectivity index (χ0n) is 9.81. The quantitative estimate of drug-likeness (QED) is 0.802. The van der Waals surface area contributed by atoms with Crippen molar-refractivity contribution in [2.24, 2.45) is 0 Å². The van der Waals surface area contributed by atoms with E-state index in [4.69, 9.17) is 11.6 Å². The first-order valence-electron chi connectivity index (χ1n) is 5.80. The Hall–Kier alpha value is -0.580. The Labute approximate surface area is 126 Å². The van der Waals surface area contributed by atoms with Crippen LogP contribution in [0.4, 0.5) is 0 Å². The van der Waals surface area contributed by atoms with E-state index < -0.39 is 0 Å². The number of rotatable bonds is 4. The van der Waals surface area contributed by atoms with Crippen LogP contribution in [0.25, 0.3) is 0 Å². The average molecular weight is 373 g/mol. The molecule has 2 aromatic carbocycles. The third kappa shape index (κ3) is 4.26. The van der Waals surface area contributed by atoms with Gasteiger partial charge in [-0.3, -0.25) is 0 Å². The molecule has 0 saturated heterocycles. The maximum atomic E-state index is 10.1. The van der Waals surface area contributed by atoms with Gasteiger partial charge in [-0.1, -0.05) is 35.9 Å². The minimum atomic E-state index is -0.355. The topological polar surface area (TPSA) is 20.2 Å². The highest BCUT2D eigenvalue weighted by molar-refractivity contribution is 14.1. The monoisotopic (exact) mass is 372 g/mol. The highest BCUT2D eigenvalue weighted by Crippen LogP contribution is 2.14. The smallest absolute Gasteiger partial charge is 0.0620 e. The highest BCUT2D eigenvalue weighted by Gasteiger charge is 2.07. The standard InChI is InChI=1S/C15H14ClIO/c16-13-5-1-11(2-6-13)9-15(18)10-12-3-7-14(17)8-4-12/h1-8,15,18H,9-10H2. The van der Waals surface area contributed by atoms with Crippen LogP contribution in [0.1, 0.15) is 11.1 Å². The van der Waals surface area contributed by atoms with Crippen LogP contribution in [0.5, 0.6) is 0 Å². The van der Waals surface area contributed by atoms with Crippen LogP contribution in [0, 0.1) is 3.57 Å². The van der Waals surface area contributed by atoms with E-state index in [-0.39, 0.29) is 6.10 Å². The summed E-state index contributed by atoms with van der Waals surface area (Å²) in [4.78, 5) is 0. The molecule has 1 unspecified atom stereocenters. The lowest BCUT2D eigenvalue weighted by molar-refractivity contribution is 0.175. The fourth-order valence-corrected chi connectivity index (χ4v) is 2.34. The molecule has 0 aromatic heterocycles. The second-order valence-electron chi connectivity index (χ2n) is 4.32. The summed E-state index contributed by atoms with van der Waals surface area (Å²) in [5.41, 5.74) is 2.27. The molecule has 0 saturated carbocycles. The molecule has 0 radical (unpaired) electrons. The molecule has 0 aliphatic rings. The maximum Gasteiger partial charge on any atom is 0.0620 e.